The number of aromatic nitrogens is 2. The van der Waals surface area contributed by atoms with Crippen LogP contribution in [0.15, 0.2) is 24.4 Å². The molecule has 2 rings (SSSR count). The zero-order chi connectivity index (χ0) is 13.3. The summed E-state index contributed by atoms with van der Waals surface area (Å²) in [5.74, 6) is -0.552. The topological polar surface area (TPSA) is 80.9 Å². The van der Waals surface area contributed by atoms with Crippen LogP contribution >= 0.6 is 47.2 Å². The van der Waals surface area contributed by atoms with Gasteiger partial charge in [0.1, 0.15) is 0 Å². The van der Waals surface area contributed by atoms with Gasteiger partial charge in [-0.3, -0.25) is 4.79 Å². The molecule has 0 aliphatic rings. The van der Waals surface area contributed by atoms with E-state index >= 15 is 0 Å². The van der Waals surface area contributed by atoms with Crippen LogP contribution < -0.4 is 11.1 Å². The predicted molar refractivity (Wildman–Crippen MR) is 80.1 cm³/mol. The van der Waals surface area contributed by atoms with E-state index in [0.717, 1.165) is 0 Å². The van der Waals surface area contributed by atoms with Crippen molar-refractivity contribution in [1.29, 1.82) is 0 Å². The van der Waals surface area contributed by atoms with Crippen molar-refractivity contribution in [2.75, 3.05) is 11.1 Å². The van der Waals surface area contributed by atoms with Crippen molar-refractivity contribution in [3.63, 3.8) is 0 Å². The Balaban J connectivity index is 0.00000180. The van der Waals surface area contributed by atoms with Gasteiger partial charge in [-0.25, -0.2) is 9.97 Å². The number of fused-ring (bicyclic) bond motifs is 1. The largest absolute Gasteiger partial charge is 0.368 e. The molecule has 102 valence electrons. The Morgan fingerprint density at radius 3 is 2.63 bits per heavy atom. The summed E-state index contributed by atoms with van der Waals surface area (Å²) in [4.78, 5) is 19.3. The molecule has 0 spiro atoms. The van der Waals surface area contributed by atoms with Crippen LogP contribution in [0.25, 0.3) is 10.9 Å². The fourth-order valence-electron chi connectivity index (χ4n) is 1.33. The van der Waals surface area contributed by atoms with Crippen LogP contribution in [-0.2, 0) is 4.79 Å². The molecule has 0 bridgehead atoms. The smallest absolute Gasteiger partial charge is 0.276 e. The van der Waals surface area contributed by atoms with E-state index in [1.54, 1.807) is 24.4 Å². The first-order valence-electron chi connectivity index (χ1n) is 4.77. The third-order valence-corrected chi connectivity index (χ3v) is 2.63. The molecular weight excluding hydrogens is 334 g/mol. The second-order valence-electron chi connectivity index (χ2n) is 3.45. The summed E-state index contributed by atoms with van der Waals surface area (Å²) in [6.45, 7) is 0. The highest BCUT2D eigenvalue weighted by Gasteiger charge is 2.30. The zero-order valence-corrected chi connectivity index (χ0v) is 12.3. The highest BCUT2D eigenvalue weighted by molar-refractivity contribution is 6.76. The summed E-state index contributed by atoms with van der Waals surface area (Å²) < 4.78 is -2.01. The number of hydrogen-bond acceptors (Lipinski definition) is 4. The molecule has 3 N–H and O–H groups in total. The van der Waals surface area contributed by atoms with Crippen LogP contribution in [-0.4, -0.2) is 19.7 Å². The maximum Gasteiger partial charge on any atom is 0.276 e. The van der Waals surface area contributed by atoms with Gasteiger partial charge in [0.2, 0.25) is 5.95 Å². The van der Waals surface area contributed by atoms with Crippen LogP contribution in [0.4, 0.5) is 11.6 Å². The predicted octanol–water partition coefficient (Wildman–Crippen LogP) is 2.94. The van der Waals surface area contributed by atoms with E-state index in [1.807, 2.05) is 0 Å². The Morgan fingerprint density at radius 1 is 1.32 bits per heavy atom. The van der Waals surface area contributed by atoms with Crippen LogP contribution in [0.5, 0.6) is 0 Å². The number of nitrogens with zero attached hydrogens (tertiary/aromatic N) is 2. The van der Waals surface area contributed by atoms with Gasteiger partial charge in [0.05, 0.1) is 5.52 Å². The monoisotopic (exact) mass is 340 g/mol. The van der Waals surface area contributed by atoms with Gasteiger partial charge in [-0.1, -0.05) is 34.8 Å². The Kier molecular flexibility index (Phi) is 5.04. The first-order chi connectivity index (χ1) is 8.36. The number of amides is 1. The van der Waals surface area contributed by atoms with Gasteiger partial charge < -0.3 is 11.1 Å². The molecule has 0 aliphatic carbocycles. The molecule has 2 aromatic rings. The van der Waals surface area contributed by atoms with Crippen molar-refractivity contribution in [2.24, 2.45) is 0 Å². The molecule has 0 saturated carbocycles. The van der Waals surface area contributed by atoms with Crippen molar-refractivity contribution in [3.05, 3.63) is 24.4 Å². The normalized spacial score (nSPS) is 10.9. The number of nitrogens with two attached hydrogens (primary N) is 1. The molecule has 1 aromatic heterocycles. The average molecular weight is 342 g/mol. The van der Waals surface area contributed by atoms with E-state index in [-0.39, 0.29) is 18.4 Å². The molecule has 5 nitrogen and oxygen atoms in total. The Bertz CT molecular complexity index is 614. The molecule has 1 amide bonds. The van der Waals surface area contributed by atoms with Crippen molar-refractivity contribution >= 4 is 75.7 Å². The maximum atomic E-state index is 11.5. The summed E-state index contributed by atoms with van der Waals surface area (Å²) in [5.41, 5.74) is 6.60. The lowest BCUT2D eigenvalue weighted by Crippen LogP contribution is -2.26. The highest BCUT2D eigenvalue weighted by Crippen LogP contribution is 2.28. The minimum Gasteiger partial charge on any atom is -0.368 e. The van der Waals surface area contributed by atoms with E-state index < -0.39 is 9.70 Å². The number of halogens is 4. The summed E-state index contributed by atoms with van der Waals surface area (Å²) in [7, 11) is 0. The van der Waals surface area contributed by atoms with Gasteiger partial charge in [-0.15, -0.1) is 12.4 Å². The van der Waals surface area contributed by atoms with Gasteiger partial charge >= 0.3 is 0 Å². The molecule has 0 radical (unpaired) electrons. The average Bonchev–Trinajstić information content (AvgIpc) is 2.28. The molecule has 9 heteroatoms. The van der Waals surface area contributed by atoms with Crippen molar-refractivity contribution in [3.8, 4) is 0 Å². The standard InChI is InChI=1S/C10H7Cl3N4O.ClH/c11-10(12,13)8(18)16-6-1-2-7-5(3-6)4-15-9(14)17-7;/h1-4H,(H,16,18)(H2,14,15,17);1H. The Hall–Kier alpha value is -1.01. The van der Waals surface area contributed by atoms with Gasteiger partial charge in [-0.05, 0) is 18.2 Å². The lowest BCUT2D eigenvalue weighted by atomic mass is 10.2. The number of anilines is 2. The lowest BCUT2D eigenvalue weighted by molar-refractivity contribution is -0.115. The number of rotatable bonds is 1. The number of carbonyl (C=O) groups excluding carboxylic acids is 1. The van der Waals surface area contributed by atoms with Gasteiger partial charge in [-0.2, -0.15) is 0 Å². The highest BCUT2D eigenvalue weighted by atomic mass is 35.6. The first kappa shape index (κ1) is 16.0. The van der Waals surface area contributed by atoms with Crippen LogP contribution in [0.3, 0.4) is 0 Å². The first-order valence-corrected chi connectivity index (χ1v) is 5.90. The van der Waals surface area contributed by atoms with Gasteiger partial charge in [0.15, 0.2) is 0 Å². The Morgan fingerprint density at radius 2 is 2.00 bits per heavy atom. The van der Waals surface area contributed by atoms with Crippen molar-refractivity contribution < 1.29 is 4.79 Å². The molecule has 19 heavy (non-hydrogen) atoms. The van der Waals surface area contributed by atoms with Crippen LogP contribution in [0, 0.1) is 0 Å². The number of nitrogens with one attached hydrogen (secondary N) is 1. The van der Waals surface area contributed by atoms with E-state index in [1.165, 1.54) is 0 Å². The lowest BCUT2D eigenvalue weighted by Gasteiger charge is -2.11. The number of alkyl halides is 3. The zero-order valence-electron chi connectivity index (χ0n) is 9.23. The number of carbonyl (C=O) groups is 1. The molecule has 0 saturated heterocycles. The van der Waals surface area contributed by atoms with E-state index in [0.29, 0.717) is 16.6 Å². The summed E-state index contributed by atoms with van der Waals surface area (Å²) in [6, 6.07) is 4.97. The van der Waals surface area contributed by atoms with E-state index in [4.69, 9.17) is 40.5 Å². The maximum absolute atomic E-state index is 11.5. The fraction of sp³-hybridized carbons (Fsp3) is 0.100. The van der Waals surface area contributed by atoms with E-state index in [2.05, 4.69) is 15.3 Å². The minimum absolute atomic E-state index is 0. The molecular formula is C10H8Cl4N4O. The molecule has 0 atom stereocenters. The van der Waals surface area contributed by atoms with Crippen LogP contribution in [0.2, 0.25) is 0 Å². The second-order valence-corrected chi connectivity index (χ2v) is 5.73. The second kappa shape index (κ2) is 5.96. The molecule has 1 heterocycles. The third kappa shape index (κ3) is 3.98. The quantitative estimate of drug-likeness (QED) is 0.781. The van der Waals surface area contributed by atoms with Gasteiger partial charge in [0, 0.05) is 17.3 Å². The van der Waals surface area contributed by atoms with Crippen LogP contribution in [0.1, 0.15) is 0 Å². The number of nitrogen functional groups attached to an aromatic ring is 1. The molecule has 1 aromatic carbocycles. The summed E-state index contributed by atoms with van der Waals surface area (Å²) in [6.07, 6.45) is 1.54. The fourth-order valence-corrected chi connectivity index (χ4v) is 1.47. The molecule has 0 fully saturated rings. The van der Waals surface area contributed by atoms with Crippen molar-refractivity contribution in [2.45, 2.75) is 3.79 Å². The summed E-state index contributed by atoms with van der Waals surface area (Å²) in [5, 5.41) is 3.18. The Labute approximate surface area is 129 Å². The molecule has 0 unspecified atom stereocenters. The van der Waals surface area contributed by atoms with Crippen molar-refractivity contribution in [1.82, 2.24) is 9.97 Å². The number of benzene rings is 1. The van der Waals surface area contributed by atoms with Gasteiger partial charge in [0.25, 0.3) is 9.70 Å². The molecule has 0 aliphatic heterocycles. The minimum atomic E-state index is -2.01. The van der Waals surface area contributed by atoms with E-state index in [9.17, 15) is 4.79 Å². The number of hydrogen-bond donors (Lipinski definition) is 2. The third-order valence-electron chi connectivity index (χ3n) is 2.11. The SMILES string of the molecule is Cl.Nc1ncc2cc(NC(=O)C(Cl)(Cl)Cl)ccc2n1. The summed E-state index contributed by atoms with van der Waals surface area (Å²) >= 11 is 16.4.